The van der Waals surface area contributed by atoms with E-state index in [9.17, 15) is 78.9 Å². The van der Waals surface area contributed by atoms with Crippen molar-refractivity contribution in [3.63, 3.8) is 0 Å². The van der Waals surface area contributed by atoms with Gasteiger partial charge < -0.3 is 71.9 Å². The van der Waals surface area contributed by atoms with E-state index < -0.39 is 137 Å². The van der Waals surface area contributed by atoms with Crippen LogP contribution in [0.15, 0.2) is 57.8 Å². The molecule has 540 valence electrons. The van der Waals surface area contributed by atoms with Gasteiger partial charge in [0.2, 0.25) is 5.78 Å². The van der Waals surface area contributed by atoms with Crippen molar-refractivity contribution >= 4 is 244 Å². The molecule has 93 heavy (non-hydrogen) atoms. The van der Waals surface area contributed by atoms with Crippen molar-refractivity contribution in [2.45, 2.75) is 138 Å². The Morgan fingerprint density at radius 3 is 1.61 bits per heavy atom. The van der Waals surface area contributed by atoms with Crippen molar-refractivity contribution in [1.82, 2.24) is 24.9 Å². The molecule has 0 spiro atoms. The number of Topliss-reactive ketones (excluding diaryl/α,β-unsaturated/α-hetero) is 7. The molecule has 0 aromatic heterocycles. The molecule has 4 saturated carbocycles. The molecule has 7 rings (SSSR count). The average molecular weight is 2670 g/mol. The number of nitrogens with one attached hydrogen (secondary N) is 1. The molecule has 0 aromatic carbocycles. The van der Waals surface area contributed by atoms with Crippen LogP contribution in [-0.4, -0.2) is 265 Å². The molecule has 2 amide bonds. The zero-order valence-electron chi connectivity index (χ0n) is 54.4. The van der Waals surface area contributed by atoms with Gasteiger partial charge in [0.15, 0.2) is 46.1 Å². The third-order valence-electron chi connectivity index (χ3n) is 14.7. The number of aliphatic hydroxyl groups is 10. The second kappa shape index (κ2) is 52.1. The number of rotatable bonds is 6. The van der Waals surface area contributed by atoms with Gasteiger partial charge in [0.1, 0.15) is 23.2 Å². The van der Waals surface area contributed by atoms with Gasteiger partial charge in [0.25, 0.3) is 11.8 Å². The molecule has 7 aliphatic rings. The number of nitrogens with zero attached hydrogens (tertiary/aromatic N) is 4. The van der Waals surface area contributed by atoms with Crippen LogP contribution in [0.25, 0.3) is 0 Å². The summed E-state index contributed by atoms with van der Waals surface area (Å²) in [6, 6.07) is -1.79. The predicted molar refractivity (Wildman–Crippen MR) is 453 cm³/mol. The number of aliphatic hydroxyl groups excluding tert-OH is 9. The summed E-state index contributed by atoms with van der Waals surface area (Å²) in [5, 5.41) is 100. The van der Waals surface area contributed by atoms with Crippen LogP contribution in [0.2, 0.25) is 0 Å². The van der Waals surface area contributed by atoms with Gasteiger partial charge >= 0.3 is 210 Å². The number of ketones is 7. The predicted octanol–water partition coefficient (Wildman–Crippen LogP) is 4.08. The zero-order chi connectivity index (χ0) is 74.3. The summed E-state index contributed by atoms with van der Waals surface area (Å²) in [7, 11) is 16.8. The fourth-order valence-electron chi connectivity index (χ4n) is 10.2. The van der Waals surface area contributed by atoms with Crippen LogP contribution in [-0.2, 0) is 43.2 Å². The van der Waals surface area contributed by atoms with E-state index in [4.69, 9.17) is 27.3 Å². The molecule has 12 unspecified atom stereocenters. The molecule has 4 fully saturated rings. The van der Waals surface area contributed by atoms with Crippen LogP contribution in [0.1, 0.15) is 78.1 Å². The minimum absolute atomic E-state index is 0.0487. The second-order valence-corrected chi connectivity index (χ2v) is 107. The number of hydrogen-bond acceptors (Lipinski definition) is 23. The zero-order valence-corrected chi connectivity index (χ0v) is 79.2. The number of fused-ring (bicyclic) bond motifs is 2. The van der Waals surface area contributed by atoms with Crippen LogP contribution in [0.3, 0.4) is 0 Å². The number of halogens is 12. The van der Waals surface area contributed by atoms with E-state index in [1.54, 1.807) is 46.1 Å². The Kier molecular flexibility index (Phi) is 55.0. The summed E-state index contributed by atoms with van der Waals surface area (Å²) in [5.41, 5.74) is 8.12. The summed E-state index contributed by atoms with van der Waals surface area (Å²) in [4.78, 5) is 113. The first kappa shape index (κ1) is 98.2. The number of nitrogens with two attached hydrogens (primary N) is 1. The quantitative estimate of drug-likeness (QED) is 0.0445. The Balaban J connectivity index is -0.00000106. The van der Waals surface area contributed by atoms with E-state index in [-0.39, 0.29) is 90.2 Å². The van der Waals surface area contributed by atoms with Crippen molar-refractivity contribution in [2.24, 2.45) is 23.5 Å². The van der Waals surface area contributed by atoms with Gasteiger partial charge in [0, 0.05) is 62.9 Å². The molecular formula is C55H88BI12N6O19-. The third kappa shape index (κ3) is 33.8. The van der Waals surface area contributed by atoms with Crippen LogP contribution in [0.5, 0.6) is 0 Å². The summed E-state index contributed by atoms with van der Waals surface area (Å²) in [6.45, 7) is 3.54. The number of likely N-dealkylation sites (N-methyl/N-ethyl adjacent to an activating group) is 3. The van der Waals surface area contributed by atoms with Crippen molar-refractivity contribution in [1.29, 1.82) is 0.594 Å². The van der Waals surface area contributed by atoms with E-state index in [0.29, 0.717) is 56.5 Å². The normalized spacial score (nSPS) is 28.5. The Bertz CT molecular complexity index is 2660. The van der Waals surface area contributed by atoms with Gasteiger partial charge in [-0.2, -0.15) is 0 Å². The van der Waals surface area contributed by atoms with Crippen LogP contribution >= 0.6 is 186 Å². The van der Waals surface area contributed by atoms with E-state index in [2.05, 4.69) is 159 Å². The second-order valence-electron chi connectivity index (χ2n) is 21.9. The van der Waals surface area contributed by atoms with Gasteiger partial charge in [-0.15, -0.1) is 0 Å². The average Bonchev–Trinajstić information content (AvgIpc) is 0.719. The van der Waals surface area contributed by atoms with Gasteiger partial charge in [-0.25, -0.2) is 0 Å². The SMILES string of the molecule is C/C=C1/C(=O)C(O)CCC1O.CC(C1C(=O)C(=O)CCC1O)N(C)C.CI(I)I.CN(C)C(=O)C1=C(O)[C@@]2(O)C(=O)CCC(O)C2C(N(C)C)C1=O.CN(C)C1C(O)=C(C(N)=O)C=C2C(=O)CCC(O)C21.CNC.I[I-]I.O=C1CC(O)CC=C1O.[2H]I(I)I.[B]I(I)I. The number of amides is 2. The third-order valence-corrected chi connectivity index (χ3v) is 14.7. The fourth-order valence-corrected chi connectivity index (χ4v) is 10.2. The number of primary amides is 1. The Morgan fingerprint density at radius 1 is 0.774 bits per heavy atom. The first-order valence-corrected chi connectivity index (χ1v) is 81.3. The number of allylic oxidation sites excluding steroid dienone is 2. The monoisotopic (exact) mass is 2670 g/mol. The van der Waals surface area contributed by atoms with Crippen LogP contribution in [0, 0.1) is 17.8 Å². The molecule has 38 heteroatoms. The first-order valence-electron chi connectivity index (χ1n) is 28.0. The molecule has 0 aromatic rings. The van der Waals surface area contributed by atoms with Crippen LogP contribution < -0.4 is 24.3 Å². The van der Waals surface area contributed by atoms with E-state index in [1.165, 1.54) is 31.1 Å². The van der Waals surface area contributed by atoms with Crippen LogP contribution in [0.4, 0.5) is 0 Å². The number of alkyl halides is 1. The first-order chi connectivity index (χ1) is 43.2. The molecule has 0 aliphatic heterocycles. The Hall–Kier alpha value is 3.11. The molecule has 25 nitrogen and oxygen atoms in total. The maximum atomic E-state index is 12.7. The summed E-state index contributed by atoms with van der Waals surface area (Å²) in [6.07, 6.45) is 2.00. The van der Waals surface area contributed by atoms with Gasteiger partial charge in [0.05, 0.1) is 60.0 Å². The molecule has 13 N–H and O–H groups in total. The summed E-state index contributed by atoms with van der Waals surface area (Å²) < 4.78 is 6.71. The number of carbonyl (C=O) groups is 9. The fraction of sp³-hybridized carbons (Fsp3) is 0.655. The van der Waals surface area contributed by atoms with Gasteiger partial charge in [-0.3, -0.25) is 53.0 Å². The minimum atomic E-state index is -2.43. The van der Waals surface area contributed by atoms with E-state index in [1.807, 2.05) is 40.0 Å². The molecular weight excluding hydrogens is 2580 g/mol. The molecule has 7 aliphatic carbocycles. The van der Waals surface area contributed by atoms with Gasteiger partial charge in [-0.1, -0.05) is 6.08 Å². The maximum absolute atomic E-state index is 12.7. The molecule has 0 bridgehead atoms. The van der Waals surface area contributed by atoms with E-state index in [0.717, 1.165) is 4.90 Å². The Morgan fingerprint density at radius 2 is 1.22 bits per heavy atom. The standard InChI is InChI=1S/C15H22N2O6.C13H18N2O4.C10H17NO3.C8H12O3.C6H8O3.C2H7N.CH3I3.BI3.HI3.I3/c1-16(2)11-10-7(18)5-6-8(19)15(10,23)13(21)9(12(11)20)14(22)17(3)4;1-15(2)11-10-6(8(16)3-4-9(10)17)5-7(12(11)18)13(14)19;1-6(11(2)3)9-7(12)4-5-8(13)10(9)14;1-2-5-6(9)3-4-7(10)8(5)11;7-4-1-2-5(8)6(9)3-4;1-3-2;2*1-4(2)3;2*1-3-2/h7,10-11,18,21,23H,5-6H2,1-4H3;5,9-11,17-18H,3-4H2,1-2H3,(H2,14,19);6-7,9,12H,4-5H2,1-3H3;2,6-7,9-10H,3-4H2,1H3;2,4,7-8H,1,3H2;3H,1-2H3;1H3;;3H;/q;;;;;;;;;-1/b;;;5-2+;;;;;;/t7?,10?,11?,15-;;;;;;;;;/m1........./s1/i;;;;;;;;3D;. The van der Waals surface area contributed by atoms with Crippen molar-refractivity contribution in [3.8, 4) is 0 Å². The van der Waals surface area contributed by atoms with Crippen molar-refractivity contribution in [2.75, 3.05) is 75.4 Å². The molecule has 0 saturated heterocycles. The molecule has 0 heterocycles. The Labute approximate surface area is 660 Å². The molecule has 13 atom stereocenters. The van der Waals surface area contributed by atoms with E-state index >= 15 is 0 Å². The van der Waals surface area contributed by atoms with Crippen molar-refractivity contribution in [3.05, 3.63) is 57.8 Å². The van der Waals surface area contributed by atoms with Crippen molar-refractivity contribution < 1.29 is 107 Å². The van der Waals surface area contributed by atoms with Gasteiger partial charge in [-0.05, 0) is 121 Å². The number of hydrogen-bond donors (Lipinski definition) is 12. The number of carbonyl (C=O) groups excluding carboxylic acids is 9. The summed E-state index contributed by atoms with van der Waals surface area (Å²) >= 11 is 16.9. The molecule has 2 radical (unpaired) electrons. The summed E-state index contributed by atoms with van der Waals surface area (Å²) in [5.74, 6) is -8.15. The topological polar surface area (TPSA) is 407 Å².